The van der Waals surface area contributed by atoms with Gasteiger partial charge in [-0.2, -0.15) is 0 Å². The summed E-state index contributed by atoms with van der Waals surface area (Å²) in [4.78, 5) is 0. The number of fused-ring (bicyclic) bond motifs is 5. The Kier molecular flexibility index (Phi) is 3.36. The molecule has 0 aliphatic heterocycles. The lowest BCUT2D eigenvalue weighted by Crippen LogP contribution is -2.54. The maximum atomic E-state index is 2.71. The second-order valence-electron chi connectivity index (χ2n) is 10.9. The average molecular weight is 303 g/mol. The van der Waals surface area contributed by atoms with Crippen LogP contribution in [0, 0.1) is 45.8 Å². The molecule has 4 aliphatic carbocycles. The fourth-order valence-electron chi connectivity index (χ4n) is 7.97. The van der Waals surface area contributed by atoms with Gasteiger partial charge in [-0.15, -0.1) is 0 Å². The second-order valence-corrected chi connectivity index (χ2v) is 10.9. The Morgan fingerprint density at radius 1 is 0.727 bits per heavy atom. The highest BCUT2D eigenvalue weighted by Crippen LogP contribution is 2.70. The molecule has 0 spiro atoms. The van der Waals surface area contributed by atoms with E-state index in [1.165, 1.54) is 38.5 Å². The summed E-state index contributed by atoms with van der Waals surface area (Å²) in [5.41, 5.74) is 1.92. The zero-order valence-electron chi connectivity index (χ0n) is 15.8. The molecule has 0 amide bonds. The summed E-state index contributed by atoms with van der Waals surface area (Å²) in [6.45, 7) is 13.0. The average Bonchev–Trinajstić information content (AvgIpc) is 2.70. The van der Waals surface area contributed by atoms with Gasteiger partial charge >= 0.3 is 0 Å². The van der Waals surface area contributed by atoms with Gasteiger partial charge in [0.15, 0.2) is 0 Å². The molecule has 7 atom stereocenters. The Labute approximate surface area is 138 Å². The van der Waals surface area contributed by atoms with E-state index in [0.29, 0.717) is 16.2 Å². The molecule has 0 saturated heterocycles. The van der Waals surface area contributed by atoms with Gasteiger partial charge in [0.2, 0.25) is 0 Å². The van der Waals surface area contributed by atoms with Crippen LogP contribution in [0.15, 0.2) is 0 Å². The smallest absolute Gasteiger partial charge is 0.0243 e. The van der Waals surface area contributed by atoms with Crippen LogP contribution in [-0.4, -0.2) is 0 Å². The third kappa shape index (κ3) is 1.88. The Morgan fingerprint density at radius 2 is 1.45 bits per heavy atom. The molecule has 0 aromatic rings. The fourth-order valence-corrected chi connectivity index (χ4v) is 7.97. The summed E-state index contributed by atoms with van der Waals surface area (Å²) in [6, 6.07) is 0. The SMILES string of the molecule is C[C@@H]1CCC2(C)C(CCC3C2CCC2(C)C3CCC2(C)C)C1. The van der Waals surface area contributed by atoms with Crippen molar-refractivity contribution < 1.29 is 0 Å². The van der Waals surface area contributed by atoms with Crippen LogP contribution in [0.2, 0.25) is 0 Å². The molecule has 0 heterocycles. The Balaban J connectivity index is 1.64. The maximum Gasteiger partial charge on any atom is -0.0243 e. The predicted octanol–water partition coefficient (Wildman–Crippen LogP) is 6.69. The molecule has 126 valence electrons. The lowest BCUT2D eigenvalue weighted by Gasteiger charge is -2.62. The minimum Gasteiger partial charge on any atom is -0.0625 e. The number of hydrogen-bond acceptors (Lipinski definition) is 0. The fraction of sp³-hybridized carbons (Fsp3) is 1.00. The lowest BCUT2D eigenvalue weighted by molar-refractivity contribution is -0.126. The predicted molar refractivity (Wildman–Crippen MR) is 94.7 cm³/mol. The van der Waals surface area contributed by atoms with Crippen molar-refractivity contribution in [1.29, 1.82) is 0 Å². The van der Waals surface area contributed by atoms with E-state index >= 15 is 0 Å². The van der Waals surface area contributed by atoms with Crippen molar-refractivity contribution in [2.24, 2.45) is 45.8 Å². The van der Waals surface area contributed by atoms with Gasteiger partial charge in [0.1, 0.15) is 0 Å². The van der Waals surface area contributed by atoms with Crippen molar-refractivity contribution in [1.82, 2.24) is 0 Å². The molecule has 4 saturated carbocycles. The molecule has 0 aromatic carbocycles. The van der Waals surface area contributed by atoms with Crippen molar-refractivity contribution >= 4 is 0 Å². The van der Waals surface area contributed by atoms with E-state index in [-0.39, 0.29) is 0 Å². The van der Waals surface area contributed by atoms with E-state index in [9.17, 15) is 0 Å². The molecule has 0 bridgehead atoms. The van der Waals surface area contributed by atoms with Gasteiger partial charge in [0.25, 0.3) is 0 Å². The standard InChI is InChI=1S/C22H38/c1-15-8-12-21(4)16(14-15)6-7-17-18(21)10-13-22(5)19(17)9-11-20(22,2)3/h15-19H,6-14H2,1-5H3/t15-,16?,17?,18?,19?,21?,22?/m1/s1. The highest BCUT2D eigenvalue weighted by Gasteiger charge is 2.61. The first-order valence-corrected chi connectivity index (χ1v) is 10.3. The second kappa shape index (κ2) is 4.76. The van der Waals surface area contributed by atoms with Crippen LogP contribution in [0.3, 0.4) is 0 Å². The third-order valence-electron chi connectivity index (χ3n) is 9.94. The minimum atomic E-state index is 0.585. The third-order valence-corrected chi connectivity index (χ3v) is 9.94. The summed E-state index contributed by atoms with van der Waals surface area (Å²) in [7, 11) is 0. The van der Waals surface area contributed by atoms with E-state index in [1.807, 2.05) is 0 Å². The van der Waals surface area contributed by atoms with E-state index < -0.39 is 0 Å². The van der Waals surface area contributed by atoms with E-state index in [4.69, 9.17) is 0 Å². The first-order valence-electron chi connectivity index (χ1n) is 10.3. The summed E-state index contributed by atoms with van der Waals surface area (Å²) in [5, 5.41) is 0. The maximum absolute atomic E-state index is 2.71. The van der Waals surface area contributed by atoms with Gasteiger partial charge in [0, 0.05) is 0 Å². The molecule has 4 fully saturated rings. The first-order chi connectivity index (χ1) is 10.3. The van der Waals surface area contributed by atoms with Crippen molar-refractivity contribution in [2.75, 3.05) is 0 Å². The monoisotopic (exact) mass is 302 g/mol. The lowest BCUT2D eigenvalue weighted by atomic mass is 9.43. The molecular weight excluding hydrogens is 264 g/mol. The topological polar surface area (TPSA) is 0 Å². The molecule has 0 heteroatoms. The van der Waals surface area contributed by atoms with Crippen LogP contribution in [0.4, 0.5) is 0 Å². The molecule has 22 heavy (non-hydrogen) atoms. The zero-order valence-corrected chi connectivity index (χ0v) is 15.8. The van der Waals surface area contributed by atoms with E-state index in [1.54, 1.807) is 19.3 Å². The number of rotatable bonds is 0. The van der Waals surface area contributed by atoms with Crippen LogP contribution in [0.5, 0.6) is 0 Å². The van der Waals surface area contributed by atoms with Crippen molar-refractivity contribution in [3.05, 3.63) is 0 Å². The van der Waals surface area contributed by atoms with Crippen LogP contribution in [-0.2, 0) is 0 Å². The van der Waals surface area contributed by atoms with Crippen molar-refractivity contribution in [3.8, 4) is 0 Å². The largest absolute Gasteiger partial charge is 0.0625 e. The van der Waals surface area contributed by atoms with Crippen molar-refractivity contribution in [3.63, 3.8) is 0 Å². The molecule has 4 aliphatic rings. The highest BCUT2D eigenvalue weighted by molar-refractivity contribution is 5.11. The van der Waals surface area contributed by atoms with E-state index in [0.717, 1.165) is 29.6 Å². The summed E-state index contributed by atoms with van der Waals surface area (Å²) >= 11 is 0. The Bertz CT molecular complexity index is 449. The Morgan fingerprint density at radius 3 is 2.23 bits per heavy atom. The molecule has 0 radical (unpaired) electrons. The zero-order chi connectivity index (χ0) is 15.8. The van der Waals surface area contributed by atoms with Gasteiger partial charge in [0.05, 0.1) is 0 Å². The minimum absolute atomic E-state index is 0.585. The van der Waals surface area contributed by atoms with Crippen LogP contribution in [0.1, 0.15) is 92.4 Å². The summed E-state index contributed by atoms with van der Waals surface area (Å²) < 4.78 is 0. The molecular formula is C22H38. The van der Waals surface area contributed by atoms with E-state index in [2.05, 4.69) is 34.6 Å². The highest BCUT2D eigenvalue weighted by atomic mass is 14.7. The Hall–Kier alpha value is 0. The summed E-state index contributed by atoms with van der Waals surface area (Å²) in [6.07, 6.45) is 13.8. The van der Waals surface area contributed by atoms with Gasteiger partial charge in [-0.1, -0.05) is 41.0 Å². The van der Waals surface area contributed by atoms with Crippen molar-refractivity contribution in [2.45, 2.75) is 92.4 Å². The normalized spacial score (nSPS) is 56.9. The molecule has 0 nitrogen and oxygen atoms in total. The van der Waals surface area contributed by atoms with Gasteiger partial charge in [-0.3, -0.25) is 0 Å². The van der Waals surface area contributed by atoms with Crippen LogP contribution in [0.25, 0.3) is 0 Å². The first kappa shape index (κ1) is 15.5. The quantitative estimate of drug-likeness (QED) is 0.467. The van der Waals surface area contributed by atoms with Gasteiger partial charge < -0.3 is 0 Å². The van der Waals surface area contributed by atoms with Gasteiger partial charge in [-0.05, 0) is 97.2 Å². The van der Waals surface area contributed by atoms with Crippen LogP contribution >= 0.6 is 0 Å². The molecule has 6 unspecified atom stereocenters. The molecule has 0 aromatic heterocycles. The van der Waals surface area contributed by atoms with Gasteiger partial charge in [-0.25, -0.2) is 0 Å². The van der Waals surface area contributed by atoms with Crippen LogP contribution < -0.4 is 0 Å². The molecule has 0 N–H and O–H groups in total. The summed E-state index contributed by atoms with van der Waals surface area (Å²) in [5.74, 6) is 5.21. The molecule has 4 rings (SSSR count). The number of hydrogen-bond donors (Lipinski definition) is 0.